The number of rotatable bonds is 16. The van der Waals surface area contributed by atoms with E-state index in [0.29, 0.717) is 12.8 Å². The molecule has 1 saturated carbocycles. The Hall–Kier alpha value is -1.26. The molecule has 5 nitrogen and oxygen atoms in total. The zero-order valence-electron chi connectivity index (χ0n) is 28.4. The Labute approximate surface area is 259 Å². The predicted octanol–water partition coefficient (Wildman–Crippen LogP) is 9.38. The second-order valence-corrected chi connectivity index (χ2v) is 25.2. The van der Waals surface area contributed by atoms with Crippen molar-refractivity contribution in [2.24, 2.45) is 11.8 Å². The van der Waals surface area contributed by atoms with Gasteiger partial charge in [-0.2, -0.15) is 0 Å². The molecular weight excluding hydrogens is 557 g/mol. The molecule has 0 bridgehead atoms. The van der Waals surface area contributed by atoms with Crippen LogP contribution in [0, 0.1) is 11.8 Å². The first-order valence-electron chi connectivity index (χ1n) is 16.3. The lowest BCUT2D eigenvalue weighted by atomic mass is 9.85. The third-order valence-electron chi connectivity index (χ3n) is 10.3. The Morgan fingerprint density at radius 2 is 1.57 bits per heavy atom. The lowest BCUT2D eigenvalue weighted by molar-refractivity contribution is -0.137. The smallest absolute Gasteiger partial charge is 0.303 e. The third kappa shape index (κ3) is 11.3. The number of hydrogen-bond donors (Lipinski definition) is 2. The number of benzene rings is 1. The normalized spacial score (nSPS) is 23.0. The van der Waals surface area contributed by atoms with Crippen LogP contribution in [-0.4, -0.2) is 51.1 Å². The van der Waals surface area contributed by atoms with Crippen LogP contribution in [0.2, 0.25) is 36.3 Å². The first kappa shape index (κ1) is 36.9. The maximum Gasteiger partial charge on any atom is 0.303 e. The molecule has 2 N–H and O–H groups in total. The second-order valence-electron chi connectivity index (χ2n) is 15.6. The zero-order valence-corrected chi connectivity index (χ0v) is 30.4. The molecule has 7 heteroatoms. The molecule has 0 radical (unpaired) electrons. The van der Waals surface area contributed by atoms with Crippen molar-refractivity contribution in [1.82, 2.24) is 0 Å². The molecule has 2 rings (SSSR count). The van der Waals surface area contributed by atoms with E-state index < -0.39 is 22.6 Å². The molecule has 1 aliphatic carbocycles. The Bertz CT molecular complexity index is 977. The summed E-state index contributed by atoms with van der Waals surface area (Å²) in [5.41, 5.74) is 1.34. The average Bonchev–Trinajstić information content (AvgIpc) is 3.14. The van der Waals surface area contributed by atoms with Gasteiger partial charge in [0.2, 0.25) is 0 Å². The lowest BCUT2D eigenvalue weighted by Crippen LogP contribution is -2.45. The minimum absolute atomic E-state index is 0.0404. The Morgan fingerprint density at radius 1 is 0.952 bits per heavy atom. The summed E-state index contributed by atoms with van der Waals surface area (Å²) in [6.07, 6.45) is 11.1. The highest BCUT2D eigenvalue weighted by atomic mass is 28.4. The van der Waals surface area contributed by atoms with Gasteiger partial charge in [0, 0.05) is 12.5 Å². The van der Waals surface area contributed by atoms with Crippen molar-refractivity contribution in [3.8, 4) is 0 Å². The van der Waals surface area contributed by atoms with Gasteiger partial charge in [0.15, 0.2) is 16.6 Å². The summed E-state index contributed by atoms with van der Waals surface area (Å²) in [4.78, 5) is 10.9. The lowest BCUT2D eigenvalue weighted by Gasteiger charge is -2.41. The molecule has 0 spiro atoms. The minimum atomic E-state index is -2.01. The largest absolute Gasteiger partial charge is 0.481 e. The van der Waals surface area contributed by atoms with Crippen molar-refractivity contribution in [3.63, 3.8) is 0 Å². The van der Waals surface area contributed by atoms with E-state index in [-0.39, 0.29) is 46.6 Å². The number of carboxylic acid groups (broad SMARTS) is 1. The van der Waals surface area contributed by atoms with Crippen LogP contribution in [0.15, 0.2) is 42.5 Å². The fourth-order valence-corrected chi connectivity index (χ4v) is 8.33. The van der Waals surface area contributed by atoms with Crippen molar-refractivity contribution < 1.29 is 23.9 Å². The summed E-state index contributed by atoms with van der Waals surface area (Å²) >= 11 is 0. The molecule has 0 saturated heterocycles. The van der Waals surface area contributed by atoms with Crippen molar-refractivity contribution in [2.45, 2.75) is 154 Å². The Morgan fingerprint density at radius 3 is 2.14 bits per heavy atom. The van der Waals surface area contributed by atoms with E-state index in [1.165, 1.54) is 5.56 Å². The van der Waals surface area contributed by atoms with Crippen LogP contribution >= 0.6 is 0 Å². The maximum absolute atomic E-state index is 11.4. The number of aliphatic hydroxyl groups excluding tert-OH is 1. The van der Waals surface area contributed by atoms with Crippen molar-refractivity contribution >= 4 is 22.6 Å². The van der Waals surface area contributed by atoms with Crippen LogP contribution in [0.25, 0.3) is 0 Å². The van der Waals surface area contributed by atoms with Gasteiger partial charge in [0.05, 0.1) is 12.2 Å². The van der Waals surface area contributed by atoms with E-state index >= 15 is 0 Å². The van der Waals surface area contributed by atoms with Crippen LogP contribution in [0.3, 0.4) is 0 Å². The monoisotopic (exact) mass is 618 g/mol. The summed E-state index contributed by atoms with van der Waals surface area (Å²) in [6, 6.07) is 10.7. The highest BCUT2D eigenvalue weighted by Gasteiger charge is 2.47. The third-order valence-corrected chi connectivity index (χ3v) is 19.3. The fraction of sp³-hybridized carbons (Fsp3) is 0.743. The van der Waals surface area contributed by atoms with Gasteiger partial charge in [-0.15, -0.1) is 0 Å². The van der Waals surface area contributed by atoms with Gasteiger partial charge in [-0.1, -0.05) is 84.0 Å². The number of hydrogen-bond acceptors (Lipinski definition) is 4. The second kappa shape index (κ2) is 15.6. The number of aliphatic hydroxyl groups is 1. The van der Waals surface area contributed by atoms with Gasteiger partial charge in [-0.05, 0) is 105 Å². The standard InChI is InChI=1S/C35H62O5Si2/c1-34(2,3)41(7,8)39-28(23-22-27-18-14-13-15-19-27)24-25-29-30(20-16-11-12-17-21-33(37)38)32(26-31(29)36)40-42(9,10)35(4,5)6/h11,13-16,18-19,28-32,36H,12,17,20-26H2,1-10H3,(H,37,38)/b16-11-/t28-,29+,30+,31+,32+/m0/s1. The van der Waals surface area contributed by atoms with E-state index in [1.54, 1.807) is 0 Å². The summed E-state index contributed by atoms with van der Waals surface area (Å²) in [7, 11) is -3.97. The van der Waals surface area contributed by atoms with Gasteiger partial charge in [0.25, 0.3) is 0 Å². The summed E-state index contributed by atoms with van der Waals surface area (Å²) < 4.78 is 14.0. The van der Waals surface area contributed by atoms with E-state index in [1.807, 2.05) is 0 Å². The summed E-state index contributed by atoms with van der Waals surface area (Å²) in [5.74, 6) is -0.342. The fourth-order valence-electron chi connectivity index (χ4n) is 5.52. The highest BCUT2D eigenvalue weighted by molar-refractivity contribution is 6.74. The molecule has 1 aromatic rings. The van der Waals surface area contributed by atoms with Crippen LogP contribution < -0.4 is 0 Å². The number of aryl methyl sites for hydroxylation is 1. The van der Waals surface area contributed by atoms with Gasteiger partial charge in [-0.3, -0.25) is 4.79 Å². The number of unbranched alkanes of at least 4 members (excludes halogenated alkanes) is 1. The number of carboxylic acids is 1. The van der Waals surface area contributed by atoms with E-state index in [9.17, 15) is 9.90 Å². The molecule has 42 heavy (non-hydrogen) atoms. The molecule has 1 aliphatic rings. The molecular formula is C35H62O5Si2. The number of carbonyl (C=O) groups is 1. The topological polar surface area (TPSA) is 76.0 Å². The van der Waals surface area contributed by atoms with Crippen molar-refractivity contribution in [3.05, 3.63) is 48.0 Å². The highest BCUT2D eigenvalue weighted by Crippen LogP contribution is 2.46. The number of aliphatic carboxylic acids is 1. The van der Waals surface area contributed by atoms with Crippen LogP contribution in [0.4, 0.5) is 0 Å². The first-order chi connectivity index (χ1) is 19.3. The Kier molecular flexibility index (Phi) is 13.8. The zero-order chi connectivity index (χ0) is 31.8. The number of allylic oxidation sites excluding steroid dienone is 2. The molecule has 0 heterocycles. The van der Waals surface area contributed by atoms with Gasteiger partial charge >= 0.3 is 5.97 Å². The quantitative estimate of drug-likeness (QED) is 0.110. The Balaban J connectivity index is 2.22. The molecule has 0 aromatic heterocycles. The van der Waals surface area contributed by atoms with Gasteiger partial charge < -0.3 is 19.1 Å². The molecule has 1 aromatic carbocycles. The van der Waals surface area contributed by atoms with Crippen LogP contribution in [0.1, 0.15) is 98.5 Å². The van der Waals surface area contributed by atoms with E-state index in [0.717, 1.165) is 38.5 Å². The molecule has 5 atom stereocenters. The summed E-state index contributed by atoms with van der Waals surface area (Å²) in [5, 5.41) is 20.6. The predicted molar refractivity (Wildman–Crippen MR) is 181 cm³/mol. The van der Waals surface area contributed by atoms with Crippen LogP contribution in [-0.2, 0) is 20.1 Å². The van der Waals surface area contributed by atoms with E-state index in [2.05, 4.69) is 110 Å². The van der Waals surface area contributed by atoms with Gasteiger partial charge in [0.1, 0.15) is 0 Å². The average molecular weight is 619 g/mol. The minimum Gasteiger partial charge on any atom is -0.481 e. The molecule has 1 fully saturated rings. The van der Waals surface area contributed by atoms with Gasteiger partial charge in [-0.25, -0.2) is 0 Å². The van der Waals surface area contributed by atoms with E-state index in [4.69, 9.17) is 14.0 Å². The first-order valence-corrected chi connectivity index (χ1v) is 22.1. The van der Waals surface area contributed by atoms with Crippen LogP contribution in [0.5, 0.6) is 0 Å². The maximum atomic E-state index is 11.4. The molecule has 0 unspecified atom stereocenters. The summed E-state index contributed by atoms with van der Waals surface area (Å²) in [6.45, 7) is 23.0. The molecule has 0 amide bonds. The molecule has 240 valence electrons. The van der Waals surface area contributed by atoms with Crippen molar-refractivity contribution in [2.75, 3.05) is 0 Å². The molecule has 0 aliphatic heterocycles. The van der Waals surface area contributed by atoms with Crippen molar-refractivity contribution in [1.29, 1.82) is 0 Å². The SMILES string of the molecule is CC(C)(C)[Si](C)(C)O[C@@H](CCc1ccccc1)CC[C@@H]1[C@@H](C/C=C\CCCC(=O)O)[C@H](O[Si](C)(C)C(C)(C)C)C[C@H]1O.